The maximum atomic E-state index is 13.4. The minimum Gasteiger partial charge on any atom is -0.337 e. The van der Waals surface area contributed by atoms with E-state index in [0.717, 1.165) is 17.7 Å². The Morgan fingerprint density at radius 2 is 1.75 bits per heavy atom. The number of aryl methyl sites for hydroxylation is 1. The molecule has 1 amide bonds. The van der Waals surface area contributed by atoms with Gasteiger partial charge < -0.3 is 9.88 Å². The third kappa shape index (κ3) is 4.15. The molecule has 6 nitrogen and oxygen atoms in total. The van der Waals surface area contributed by atoms with Gasteiger partial charge in [0, 0.05) is 41.3 Å². The van der Waals surface area contributed by atoms with Gasteiger partial charge in [-0.05, 0) is 43.3 Å². The molecule has 0 aliphatic heterocycles. The summed E-state index contributed by atoms with van der Waals surface area (Å²) in [5.74, 6) is -3.14. The number of aromatic nitrogens is 2. The molecule has 0 saturated carbocycles. The summed E-state index contributed by atoms with van der Waals surface area (Å²) in [5.41, 5.74) is 1.14. The Bertz CT molecular complexity index is 1420. The van der Waals surface area contributed by atoms with E-state index in [2.05, 4.69) is 10.3 Å². The second kappa shape index (κ2) is 8.50. The number of benzene rings is 2. The van der Waals surface area contributed by atoms with E-state index in [1.807, 2.05) is 6.92 Å². The molecule has 0 fully saturated rings. The second-order valence-electron chi connectivity index (χ2n) is 7.26. The first-order valence-corrected chi connectivity index (χ1v) is 9.67. The van der Waals surface area contributed by atoms with Gasteiger partial charge in [0.2, 0.25) is 11.3 Å². The largest absolute Gasteiger partial charge is 0.337 e. The predicted molar refractivity (Wildman–Crippen MR) is 116 cm³/mol. The molecule has 4 aromatic rings. The molecular formula is C24H17F2N3O3. The van der Waals surface area contributed by atoms with Gasteiger partial charge >= 0.3 is 0 Å². The molecule has 8 heteroatoms. The number of pyridine rings is 2. The Hall–Kier alpha value is -4.20. The number of ketones is 1. The summed E-state index contributed by atoms with van der Waals surface area (Å²) in [6, 6.07) is 11.2. The molecule has 2 heterocycles. The average molecular weight is 433 g/mol. The van der Waals surface area contributed by atoms with Crippen molar-refractivity contribution in [2.24, 2.45) is 0 Å². The molecule has 0 atom stereocenters. The van der Waals surface area contributed by atoms with Gasteiger partial charge in [-0.25, -0.2) is 8.78 Å². The number of hydrogen-bond acceptors (Lipinski definition) is 4. The Kier molecular flexibility index (Phi) is 5.59. The summed E-state index contributed by atoms with van der Waals surface area (Å²) in [6.45, 7) is 1.56. The fraction of sp³-hybridized carbons (Fsp3) is 0.0833. The predicted octanol–water partition coefficient (Wildman–Crippen LogP) is 3.85. The van der Waals surface area contributed by atoms with Crippen LogP contribution in [0.2, 0.25) is 0 Å². The molecule has 0 bridgehead atoms. The molecule has 0 saturated heterocycles. The fourth-order valence-electron chi connectivity index (χ4n) is 3.39. The molecule has 32 heavy (non-hydrogen) atoms. The molecular weight excluding hydrogens is 416 g/mol. The van der Waals surface area contributed by atoms with Crippen LogP contribution >= 0.6 is 0 Å². The van der Waals surface area contributed by atoms with Crippen LogP contribution in [0.4, 0.5) is 14.5 Å². The Labute approximate surface area is 181 Å². The molecule has 0 aliphatic carbocycles. The van der Waals surface area contributed by atoms with Gasteiger partial charge in [-0.3, -0.25) is 19.4 Å². The van der Waals surface area contributed by atoms with Crippen molar-refractivity contribution < 1.29 is 18.4 Å². The van der Waals surface area contributed by atoms with Crippen LogP contribution in [0.1, 0.15) is 21.5 Å². The van der Waals surface area contributed by atoms with Crippen molar-refractivity contribution in [1.29, 1.82) is 0 Å². The Morgan fingerprint density at radius 3 is 2.47 bits per heavy atom. The first-order valence-electron chi connectivity index (χ1n) is 9.67. The minimum atomic E-state index is -1.09. The monoisotopic (exact) mass is 433 g/mol. The van der Waals surface area contributed by atoms with Crippen LogP contribution in [0.15, 0.2) is 71.9 Å². The standard InChI is InChI=1S/C24H17F2N3O3/c1-14-2-5-21-17(10-14)24(32)18(23(31)15-6-8-27-9-7-15)12-29(21)13-22(30)28-16-3-4-19(25)20(26)11-16/h2-12H,13H2,1H3,(H,28,30). The SMILES string of the molecule is Cc1ccc2c(c1)c(=O)c(C(=O)c1ccncc1)cn2CC(=O)Nc1ccc(F)c(F)c1. The summed E-state index contributed by atoms with van der Waals surface area (Å²) < 4.78 is 28.1. The van der Waals surface area contributed by atoms with Gasteiger partial charge in [-0.15, -0.1) is 0 Å². The van der Waals surface area contributed by atoms with Crippen LogP contribution in [-0.2, 0) is 11.3 Å². The van der Waals surface area contributed by atoms with Crippen LogP contribution in [0.25, 0.3) is 10.9 Å². The van der Waals surface area contributed by atoms with Crippen molar-refractivity contribution in [3.05, 3.63) is 106 Å². The Morgan fingerprint density at radius 1 is 1.00 bits per heavy atom. The van der Waals surface area contributed by atoms with E-state index in [9.17, 15) is 23.2 Å². The average Bonchev–Trinajstić information content (AvgIpc) is 2.78. The number of anilines is 1. The minimum absolute atomic E-state index is 0.0863. The van der Waals surface area contributed by atoms with E-state index in [0.29, 0.717) is 16.5 Å². The second-order valence-corrected chi connectivity index (χ2v) is 7.26. The first-order chi connectivity index (χ1) is 15.3. The van der Waals surface area contributed by atoms with E-state index >= 15 is 0 Å². The first kappa shape index (κ1) is 21.0. The number of carbonyl (C=O) groups is 2. The lowest BCUT2D eigenvalue weighted by Gasteiger charge is -2.14. The van der Waals surface area contributed by atoms with E-state index < -0.39 is 28.8 Å². The van der Waals surface area contributed by atoms with Crippen molar-refractivity contribution in [1.82, 2.24) is 9.55 Å². The zero-order valence-electron chi connectivity index (χ0n) is 16.9. The fourth-order valence-corrected chi connectivity index (χ4v) is 3.39. The molecule has 2 aromatic carbocycles. The molecule has 0 spiro atoms. The summed E-state index contributed by atoms with van der Waals surface area (Å²) in [4.78, 5) is 42.5. The van der Waals surface area contributed by atoms with E-state index in [1.165, 1.54) is 41.4 Å². The van der Waals surface area contributed by atoms with Gasteiger partial charge in [0.05, 0.1) is 11.1 Å². The normalized spacial score (nSPS) is 10.8. The van der Waals surface area contributed by atoms with Crippen LogP contribution in [-0.4, -0.2) is 21.2 Å². The van der Waals surface area contributed by atoms with Crippen LogP contribution in [0.5, 0.6) is 0 Å². The zero-order chi connectivity index (χ0) is 22.8. The number of nitrogens with one attached hydrogen (secondary N) is 1. The third-order valence-corrected chi connectivity index (χ3v) is 4.94. The van der Waals surface area contributed by atoms with Gasteiger partial charge in [0.1, 0.15) is 6.54 Å². The molecule has 2 aromatic heterocycles. The lowest BCUT2D eigenvalue weighted by molar-refractivity contribution is -0.116. The summed E-state index contributed by atoms with van der Waals surface area (Å²) in [5, 5.41) is 2.79. The number of fused-ring (bicyclic) bond motifs is 1. The zero-order valence-corrected chi connectivity index (χ0v) is 16.9. The smallest absolute Gasteiger partial charge is 0.244 e. The Balaban J connectivity index is 1.75. The molecule has 0 aliphatic rings. The quantitative estimate of drug-likeness (QED) is 0.485. The number of rotatable bonds is 5. The van der Waals surface area contributed by atoms with Crippen molar-refractivity contribution in [2.45, 2.75) is 13.5 Å². The highest BCUT2D eigenvalue weighted by atomic mass is 19.2. The highest BCUT2D eigenvalue weighted by Crippen LogP contribution is 2.17. The molecule has 4 rings (SSSR count). The van der Waals surface area contributed by atoms with Crippen molar-refractivity contribution in [2.75, 3.05) is 5.32 Å². The lowest BCUT2D eigenvalue weighted by atomic mass is 10.0. The van der Waals surface area contributed by atoms with Gasteiger partial charge in [0.15, 0.2) is 17.4 Å². The molecule has 0 radical (unpaired) electrons. The van der Waals surface area contributed by atoms with Crippen LogP contribution in [0.3, 0.4) is 0 Å². The van der Waals surface area contributed by atoms with Gasteiger partial charge in [-0.1, -0.05) is 11.6 Å². The maximum Gasteiger partial charge on any atom is 0.244 e. The van der Waals surface area contributed by atoms with Crippen molar-refractivity contribution in [3.8, 4) is 0 Å². The number of amides is 1. The number of halogens is 2. The van der Waals surface area contributed by atoms with Crippen molar-refractivity contribution >= 4 is 28.3 Å². The van der Waals surface area contributed by atoms with Gasteiger partial charge in [-0.2, -0.15) is 0 Å². The van der Waals surface area contributed by atoms with Gasteiger partial charge in [0.25, 0.3) is 0 Å². The number of carbonyl (C=O) groups excluding carboxylic acids is 2. The highest BCUT2D eigenvalue weighted by Gasteiger charge is 2.18. The molecule has 0 unspecified atom stereocenters. The maximum absolute atomic E-state index is 13.4. The van der Waals surface area contributed by atoms with E-state index in [-0.39, 0.29) is 17.8 Å². The molecule has 160 valence electrons. The lowest BCUT2D eigenvalue weighted by Crippen LogP contribution is -2.24. The summed E-state index contributed by atoms with van der Waals surface area (Å²) in [7, 11) is 0. The molecule has 1 N–H and O–H groups in total. The number of nitrogens with zero attached hydrogens (tertiary/aromatic N) is 2. The highest BCUT2D eigenvalue weighted by molar-refractivity contribution is 6.10. The summed E-state index contributed by atoms with van der Waals surface area (Å²) >= 11 is 0. The van der Waals surface area contributed by atoms with Crippen LogP contribution in [0, 0.1) is 18.6 Å². The van der Waals surface area contributed by atoms with E-state index in [1.54, 1.807) is 18.2 Å². The number of hydrogen-bond donors (Lipinski definition) is 1. The van der Waals surface area contributed by atoms with Crippen molar-refractivity contribution in [3.63, 3.8) is 0 Å². The topological polar surface area (TPSA) is 81.1 Å². The van der Waals surface area contributed by atoms with Crippen LogP contribution < -0.4 is 10.7 Å². The third-order valence-electron chi connectivity index (χ3n) is 4.94. The van der Waals surface area contributed by atoms with E-state index in [4.69, 9.17) is 0 Å². The summed E-state index contributed by atoms with van der Waals surface area (Å²) in [6.07, 6.45) is 4.24.